The fourth-order valence-corrected chi connectivity index (χ4v) is 2.03. The molecular formula is C17H17FO2. The normalized spacial score (nSPS) is 10.3. The Balaban J connectivity index is 2.00. The molecule has 0 aliphatic heterocycles. The van der Waals surface area contributed by atoms with E-state index in [1.165, 1.54) is 6.07 Å². The molecule has 0 heterocycles. The third-order valence-electron chi connectivity index (χ3n) is 3.22. The van der Waals surface area contributed by atoms with Gasteiger partial charge in [0.2, 0.25) is 0 Å². The van der Waals surface area contributed by atoms with Crippen LogP contribution in [0.25, 0.3) is 0 Å². The Morgan fingerprint density at radius 2 is 1.85 bits per heavy atom. The number of methoxy groups -OCH3 is 1. The Morgan fingerprint density at radius 1 is 1.15 bits per heavy atom. The van der Waals surface area contributed by atoms with E-state index >= 15 is 0 Å². The van der Waals surface area contributed by atoms with Crippen molar-refractivity contribution in [3.05, 3.63) is 65.0 Å². The van der Waals surface area contributed by atoms with Crippen molar-refractivity contribution in [2.24, 2.45) is 0 Å². The third kappa shape index (κ3) is 3.44. The Labute approximate surface area is 118 Å². The summed E-state index contributed by atoms with van der Waals surface area (Å²) in [4.78, 5) is 12.0. The van der Waals surface area contributed by atoms with E-state index in [9.17, 15) is 9.18 Å². The van der Waals surface area contributed by atoms with Gasteiger partial charge in [0.05, 0.1) is 12.7 Å². The first-order valence-electron chi connectivity index (χ1n) is 6.52. The lowest BCUT2D eigenvalue weighted by Gasteiger charge is -2.05. The molecule has 0 N–H and O–H groups in total. The minimum absolute atomic E-state index is 0.168. The number of aryl methyl sites for hydroxylation is 2. The molecule has 20 heavy (non-hydrogen) atoms. The maximum Gasteiger partial charge on any atom is 0.166 e. The van der Waals surface area contributed by atoms with Crippen molar-refractivity contribution in [2.45, 2.75) is 19.8 Å². The number of hydrogen-bond acceptors (Lipinski definition) is 2. The monoisotopic (exact) mass is 272 g/mol. The number of halogens is 1. The molecule has 0 bridgehead atoms. The molecule has 0 spiro atoms. The Hall–Kier alpha value is -2.16. The second-order valence-corrected chi connectivity index (χ2v) is 4.75. The number of rotatable bonds is 5. The molecule has 0 unspecified atom stereocenters. The van der Waals surface area contributed by atoms with Crippen molar-refractivity contribution in [3.63, 3.8) is 0 Å². The van der Waals surface area contributed by atoms with Gasteiger partial charge in [0, 0.05) is 6.42 Å². The van der Waals surface area contributed by atoms with E-state index in [2.05, 4.69) is 0 Å². The van der Waals surface area contributed by atoms with Gasteiger partial charge in [0.15, 0.2) is 5.78 Å². The number of carbonyl (C=O) groups is 1. The highest BCUT2D eigenvalue weighted by molar-refractivity contribution is 5.96. The van der Waals surface area contributed by atoms with Crippen molar-refractivity contribution in [3.8, 4) is 5.75 Å². The summed E-state index contributed by atoms with van der Waals surface area (Å²) in [7, 11) is 1.61. The van der Waals surface area contributed by atoms with Gasteiger partial charge in [-0.3, -0.25) is 4.79 Å². The molecule has 0 fully saturated rings. The summed E-state index contributed by atoms with van der Waals surface area (Å²) in [5.74, 6) is 0.174. The first-order chi connectivity index (χ1) is 9.60. The van der Waals surface area contributed by atoms with Gasteiger partial charge in [0.25, 0.3) is 0 Å². The maximum atomic E-state index is 13.7. The molecule has 2 aromatic carbocycles. The largest absolute Gasteiger partial charge is 0.497 e. The van der Waals surface area contributed by atoms with Gasteiger partial charge >= 0.3 is 0 Å². The van der Waals surface area contributed by atoms with Crippen LogP contribution in [0.5, 0.6) is 5.75 Å². The lowest BCUT2D eigenvalue weighted by Crippen LogP contribution is -2.04. The van der Waals surface area contributed by atoms with Gasteiger partial charge < -0.3 is 4.74 Å². The third-order valence-corrected chi connectivity index (χ3v) is 3.22. The molecule has 0 aliphatic rings. The minimum Gasteiger partial charge on any atom is -0.497 e. The quantitative estimate of drug-likeness (QED) is 0.770. The van der Waals surface area contributed by atoms with E-state index in [0.29, 0.717) is 12.8 Å². The van der Waals surface area contributed by atoms with Crippen molar-refractivity contribution in [2.75, 3.05) is 7.11 Å². The SMILES string of the molecule is COc1ccc(CCC(=O)c2ccc(C)cc2F)cc1. The predicted octanol–water partition coefficient (Wildman–Crippen LogP) is 3.96. The molecule has 2 aromatic rings. The van der Waals surface area contributed by atoms with E-state index in [1.807, 2.05) is 24.3 Å². The molecule has 0 saturated heterocycles. The Bertz CT molecular complexity index is 603. The van der Waals surface area contributed by atoms with Gasteiger partial charge in [-0.25, -0.2) is 4.39 Å². The van der Waals surface area contributed by atoms with E-state index in [1.54, 1.807) is 26.2 Å². The molecule has 0 aromatic heterocycles. The van der Waals surface area contributed by atoms with Crippen LogP contribution in [0, 0.1) is 12.7 Å². The van der Waals surface area contributed by atoms with Crippen molar-refractivity contribution < 1.29 is 13.9 Å². The number of hydrogen-bond donors (Lipinski definition) is 0. The molecule has 2 nitrogen and oxygen atoms in total. The van der Waals surface area contributed by atoms with Crippen molar-refractivity contribution in [1.82, 2.24) is 0 Å². The van der Waals surface area contributed by atoms with Crippen LogP contribution in [0.1, 0.15) is 27.9 Å². The molecule has 0 aliphatic carbocycles. The summed E-state index contributed by atoms with van der Waals surface area (Å²) < 4.78 is 18.8. The van der Waals surface area contributed by atoms with Crippen LogP contribution >= 0.6 is 0 Å². The highest BCUT2D eigenvalue weighted by Gasteiger charge is 2.11. The van der Waals surface area contributed by atoms with E-state index in [0.717, 1.165) is 16.9 Å². The van der Waals surface area contributed by atoms with Crippen LogP contribution in [-0.4, -0.2) is 12.9 Å². The molecule has 3 heteroatoms. The highest BCUT2D eigenvalue weighted by Crippen LogP contribution is 2.16. The zero-order valence-electron chi connectivity index (χ0n) is 11.7. The topological polar surface area (TPSA) is 26.3 Å². The van der Waals surface area contributed by atoms with E-state index in [-0.39, 0.29) is 11.3 Å². The standard InChI is InChI=1S/C17H17FO2/c1-12-3-9-15(16(18)11-12)17(19)10-6-13-4-7-14(20-2)8-5-13/h3-5,7-9,11H,6,10H2,1-2H3. The summed E-state index contributed by atoms with van der Waals surface area (Å²) in [6.07, 6.45) is 0.891. The number of benzene rings is 2. The average Bonchev–Trinajstić information content (AvgIpc) is 2.45. The summed E-state index contributed by atoms with van der Waals surface area (Å²) in [6, 6.07) is 12.2. The van der Waals surface area contributed by atoms with Crippen LogP contribution in [0.4, 0.5) is 4.39 Å². The minimum atomic E-state index is -0.440. The lowest BCUT2D eigenvalue weighted by molar-refractivity contribution is 0.0979. The van der Waals surface area contributed by atoms with Crippen LogP contribution in [0.15, 0.2) is 42.5 Å². The smallest absolute Gasteiger partial charge is 0.166 e. The van der Waals surface area contributed by atoms with Crippen LogP contribution in [-0.2, 0) is 6.42 Å². The van der Waals surface area contributed by atoms with Gasteiger partial charge in [-0.15, -0.1) is 0 Å². The Morgan fingerprint density at radius 3 is 2.45 bits per heavy atom. The Kier molecular flexibility index (Phi) is 4.51. The molecule has 0 atom stereocenters. The molecule has 0 saturated carbocycles. The average molecular weight is 272 g/mol. The number of ether oxygens (including phenoxy) is 1. The number of Topliss-reactive ketones (excluding diaryl/α,β-unsaturated/α-hetero) is 1. The molecule has 104 valence electrons. The van der Waals surface area contributed by atoms with E-state index < -0.39 is 5.82 Å². The van der Waals surface area contributed by atoms with Gasteiger partial charge in [0.1, 0.15) is 11.6 Å². The lowest BCUT2D eigenvalue weighted by atomic mass is 10.0. The predicted molar refractivity (Wildman–Crippen MR) is 76.8 cm³/mol. The highest BCUT2D eigenvalue weighted by atomic mass is 19.1. The summed E-state index contributed by atoms with van der Waals surface area (Å²) in [5, 5.41) is 0. The van der Waals surface area contributed by atoms with Gasteiger partial charge in [-0.05, 0) is 48.7 Å². The molecule has 0 amide bonds. The molecule has 0 radical (unpaired) electrons. The second kappa shape index (κ2) is 6.33. The fraction of sp³-hybridized carbons (Fsp3) is 0.235. The van der Waals surface area contributed by atoms with Crippen LogP contribution in [0.3, 0.4) is 0 Å². The molecule has 2 rings (SSSR count). The number of ketones is 1. The summed E-state index contributed by atoms with van der Waals surface area (Å²) in [5.41, 5.74) is 2.02. The first-order valence-corrected chi connectivity index (χ1v) is 6.52. The maximum absolute atomic E-state index is 13.7. The van der Waals surface area contributed by atoms with E-state index in [4.69, 9.17) is 4.74 Å². The van der Waals surface area contributed by atoms with Crippen LogP contribution < -0.4 is 4.74 Å². The number of carbonyl (C=O) groups excluding carboxylic acids is 1. The van der Waals surface area contributed by atoms with Crippen molar-refractivity contribution in [1.29, 1.82) is 0 Å². The zero-order valence-corrected chi connectivity index (χ0v) is 11.7. The summed E-state index contributed by atoms with van der Waals surface area (Å²) >= 11 is 0. The van der Waals surface area contributed by atoms with Crippen LogP contribution in [0.2, 0.25) is 0 Å². The second-order valence-electron chi connectivity index (χ2n) is 4.75. The van der Waals surface area contributed by atoms with Crippen molar-refractivity contribution >= 4 is 5.78 Å². The first kappa shape index (κ1) is 14.3. The fourth-order valence-electron chi connectivity index (χ4n) is 2.03. The van der Waals surface area contributed by atoms with Gasteiger partial charge in [-0.1, -0.05) is 18.2 Å². The zero-order chi connectivity index (χ0) is 14.5. The van der Waals surface area contributed by atoms with Gasteiger partial charge in [-0.2, -0.15) is 0 Å². The molecular weight excluding hydrogens is 255 g/mol. The summed E-state index contributed by atoms with van der Waals surface area (Å²) in [6.45, 7) is 1.80.